The van der Waals surface area contributed by atoms with Crippen LogP contribution in [0, 0.1) is 0 Å². The lowest BCUT2D eigenvalue weighted by atomic mass is 10.2. The van der Waals surface area contributed by atoms with E-state index in [-0.39, 0.29) is 0 Å². The molecular formula is C8H12Si. The molecule has 0 fully saturated rings. The van der Waals surface area contributed by atoms with Crippen LogP contribution in [0.2, 0.25) is 0 Å². The monoisotopic (exact) mass is 136 g/mol. The Labute approximate surface area is 59.3 Å². The Bertz CT molecular complexity index is 167. The zero-order chi connectivity index (χ0) is 6.69. The molecule has 0 bridgehead atoms. The van der Waals surface area contributed by atoms with Crippen LogP contribution in [-0.2, 0) is 0 Å². The van der Waals surface area contributed by atoms with E-state index in [1.54, 1.807) is 0 Å². The van der Waals surface area contributed by atoms with Gasteiger partial charge in [0.1, 0.15) is 0 Å². The second-order valence-corrected chi connectivity index (χ2v) is 4.30. The summed E-state index contributed by atoms with van der Waals surface area (Å²) in [5.74, 6) is 0. The first-order valence-electron chi connectivity index (χ1n) is 3.35. The Balaban J connectivity index is 2.85. The standard InChI is InChI=1S/C8H12Si/c1-7(9)8-5-3-2-4-6-8/h2-7H,1,9H3. The zero-order valence-electron chi connectivity index (χ0n) is 5.96. The maximum Gasteiger partial charge on any atom is 0.0119 e. The highest BCUT2D eigenvalue weighted by molar-refractivity contribution is 6.12. The summed E-state index contributed by atoms with van der Waals surface area (Å²) in [5.41, 5.74) is 2.27. The summed E-state index contributed by atoms with van der Waals surface area (Å²) < 4.78 is 0. The molecule has 0 aliphatic rings. The van der Waals surface area contributed by atoms with Gasteiger partial charge in [-0.2, -0.15) is 0 Å². The predicted octanol–water partition coefficient (Wildman–Crippen LogP) is 1.11. The summed E-state index contributed by atoms with van der Waals surface area (Å²) in [6.45, 7) is 2.27. The van der Waals surface area contributed by atoms with Crippen LogP contribution in [0.3, 0.4) is 0 Å². The average molecular weight is 136 g/mol. The van der Waals surface area contributed by atoms with Crippen molar-refractivity contribution in [2.75, 3.05) is 0 Å². The fourth-order valence-electron chi connectivity index (χ4n) is 0.838. The van der Waals surface area contributed by atoms with Crippen molar-refractivity contribution in [1.82, 2.24) is 0 Å². The van der Waals surface area contributed by atoms with E-state index >= 15 is 0 Å². The normalized spacial score (nSPS) is 13.4. The van der Waals surface area contributed by atoms with Gasteiger partial charge in [0.15, 0.2) is 0 Å². The van der Waals surface area contributed by atoms with Crippen molar-refractivity contribution in [1.29, 1.82) is 0 Å². The van der Waals surface area contributed by atoms with Crippen LogP contribution in [0.25, 0.3) is 0 Å². The molecule has 1 rings (SSSR count). The van der Waals surface area contributed by atoms with Crippen LogP contribution in [0.4, 0.5) is 0 Å². The molecule has 0 amide bonds. The van der Waals surface area contributed by atoms with Crippen molar-refractivity contribution in [3.63, 3.8) is 0 Å². The highest BCUT2D eigenvalue weighted by Gasteiger charge is 1.93. The summed E-state index contributed by atoms with van der Waals surface area (Å²) in [6.07, 6.45) is 0. The van der Waals surface area contributed by atoms with Crippen LogP contribution in [0.15, 0.2) is 30.3 Å². The first-order valence-corrected chi connectivity index (χ1v) is 4.51. The largest absolute Gasteiger partial charge is 0.0622 e. The molecule has 0 aromatic heterocycles. The molecule has 1 unspecified atom stereocenters. The van der Waals surface area contributed by atoms with Crippen LogP contribution in [0.1, 0.15) is 18.0 Å². The Kier molecular flexibility index (Phi) is 2.06. The maximum absolute atomic E-state index is 2.27. The van der Waals surface area contributed by atoms with Crippen molar-refractivity contribution < 1.29 is 0 Å². The van der Waals surface area contributed by atoms with E-state index in [4.69, 9.17) is 0 Å². The molecule has 0 spiro atoms. The zero-order valence-corrected chi connectivity index (χ0v) is 7.96. The second kappa shape index (κ2) is 2.83. The molecule has 0 aliphatic carbocycles. The molecule has 0 N–H and O–H groups in total. The molecule has 1 aromatic rings. The van der Waals surface area contributed by atoms with Crippen molar-refractivity contribution in [3.8, 4) is 0 Å². The van der Waals surface area contributed by atoms with Crippen LogP contribution in [-0.4, -0.2) is 10.2 Å². The third kappa shape index (κ3) is 1.68. The highest BCUT2D eigenvalue weighted by atomic mass is 28.1. The molecular weight excluding hydrogens is 124 g/mol. The van der Waals surface area contributed by atoms with Crippen LogP contribution in [0.5, 0.6) is 0 Å². The SMILES string of the molecule is CC([SiH3])c1ccccc1. The summed E-state index contributed by atoms with van der Waals surface area (Å²) in [6, 6.07) is 10.6. The second-order valence-electron chi connectivity index (χ2n) is 2.57. The summed E-state index contributed by atoms with van der Waals surface area (Å²) in [4.78, 5) is 0. The Morgan fingerprint density at radius 2 is 1.78 bits per heavy atom. The van der Waals surface area contributed by atoms with Gasteiger partial charge in [0.25, 0.3) is 0 Å². The number of benzene rings is 1. The molecule has 1 aromatic carbocycles. The minimum absolute atomic E-state index is 0.797. The molecule has 48 valence electrons. The van der Waals surface area contributed by atoms with E-state index in [1.807, 2.05) is 0 Å². The quantitative estimate of drug-likeness (QED) is 0.507. The molecule has 1 atom stereocenters. The topological polar surface area (TPSA) is 0 Å². The third-order valence-electron chi connectivity index (χ3n) is 1.47. The van der Waals surface area contributed by atoms with Gasteiger partial charge in [-0.15, -0.1) is 0 Å². The molecule has 0 heterocycles. The molecule has 0 radical (unpaired) electrons. The first kappa shape index (κ1) is 6.56. The Morgan fingerprint density at radius 3 is 2.11 bits per heavy atom. The average Bonchev–Trinajstić information content (AvgIpc) is 1.90. The summed E-state index contributed by atoms with van der Waals surface area (Å²) in [5, 5.41) is 0. The lowest BCUT2D eigenvalue weighted by molar-refractivity contribution is 1.08. The van der Waals surface area contributed by atoms with Gasteiger partial charge in [-0.05, 0) is 11.1 Å². The van der Waals surface area contributed by atoms with Crippen LogP contribution < -0.4 is 0 Å². The fraction of sp³-hybridized carbons (Fsp3) is 0.250. The highest BCUT2D eigenvalue weighted by Crippen LogP contribution is 2.08. The lowest BCUT2D eigenvalue weighted by Crippen LogP contribution is -1.89. The van der Waals surface area contributed by atoms with Gasteiger partial charge in [-0.1, -0.05) is 37.3 Å². The lowest BCUT2D eigenvalue weighted by Gasteiger charge is -2.01. The molecule has 0 saturated carbocycles. The van der Waals surface area contributed by atoms with E-state index < -0.39 is 0 Å². The Morgan fingerprint density at radius 1 is 1.22 bits per heavy atom. The number of hydrogen-bond acceptors (Lipinski definition) is 0. The van der Waals surface area contributed by atoms with Gasteiger partial charge in [-0.3, -0.25) is 0 Å². The van der Waals surface area contributed by atoms with Gasteiger partial charge in [0, 0.05) is 10.2 Å². The molecule has 0 nitrogen and oxygen atoms in total. The smallest absolute Gasteiger partial charge is 0.0119 e. The molecule has 1 heteroatoms. The Hall–Kier alpha value is -0.563. The van der Waals surface area contributed by atoms with Crippen LogP contribution >= 0.6 is 0 Å². The summed E-state index contributed by atoms with van der Waals surface area (Å²) in [7, 11) is 1.26. The van der Waals surface area contributed by atoms with Crippen molar-refractivity contribution in [2.45, 2.75) is 12.5 Å². The minimum Gasteiger partial charge on any atom is -0.0622 e. The fourth-order valence-corrected chi connectivity index (χ4v) is 1.22. The van der Waals surface area contributed by atoms with Crippen molar-refractivity contribution in [3.05, 3.63) is 35.9 Å². The van der Waals surface area contributed by atoms with Gasteiger partial charge in [0.2, 0.25) is 0 Å². The minimum atomic E-state index is 0.797. The molecule has 0 aliphatic heterocycles. The van der Waals surface area contributed by atoms with Crippen molar-refractivity contribution in [2.24, 2.45) is 0 Å². The predicted molar refractivity (Wildman–Crippen MR) is 44.8 cm³/mol. The first-order chi connectivity index (χ1) is 4.30. The number of rotatable bonds is 1. The summed E-state index contributed by atoms with van der Waals surface area (Å²) >= 11 is 0. The molecule has 0 saturated heterocycles. The third-order valence-corrected chi connectivity index (χ3v) is 2.13. The maximum atomic E-state index is 2.27. The van der Waals surface area contributed by atoms with Crippen molar-refractivity contribution >= 4 is 10.2 Å². The van der Waals surface area contributed by atoms with Gasteiger partial charge in [-0.25, -0.2) is 0 Å². The van der Waals surface area contributed by atoms with E-state index in [9.17, 15) is 0 Å². The van der Waals surface area contributed by atoms with E-state index in [2.05, 4.69) is 37.3 Å². The van der Waals surface area contributed by atoms with E-state index in [0.717, 1.165) is 5.54 Å². The van der Waals surface area contributed by atoms with Gasteiger partial charge >= 0.3 is 0 Å². The van der Waals surface area contributed by atoms with E-state index in [0.29, 0.717) is 0 Å². The van der Waals surface area contributed by atoms with E-state index in [1.165, 1.54) is 15.8 Å². The molecule has 9 heavy (non-hydrogen) atoms. The number of hydrogen-bond donors (Lipinski definition) is 0. The van der Waals surface area contributed by atoms with Gasteiger partial charge < -0.3 is 0 Å². The van der Waals surface area contributed by atoms with Gasteiger partial charge in [0.05, 0.1) is 0 Å².